The Labute approximate surface area is 151 Å². The smallest absolute Gasteiger partial charge is 0.238 e. The number of anilines is 1. The molecule has 1 aromatic heterocycles. The summed E-state index contributed by atoms with van der Waals surface area (Å²) in [5.74, 6) is -0.257. The quantitative estimate of drug-likeness (QED) is 0.568. The number of para-hydroxylation sites is 2. The molecule has 0 radical (unpaired) electrons. The maximum atomic E-state index is 12.7. The maximum Gasteiger partial charge on any atom is 0.238 e. The molecule has 0 fully saturated rings. The van der Waals surface area contributed by atoms with Gasteiger partial charge in [0.15, 0.2) is 5.58 Å². The lowest BCUT2D eigenvalue weighted by atomic mass is 10.0. The molecule has 4 rings (SSSR count). The summed E-state index contributed by atoms with van der Waals surface area (Å²) in [4.78, 5) is 0. The number of hydrogen-bond acceptors (Lipinski definition) is 4. The number of rotatable bonds is 5. The van der Waals surface area contributed by atoms with Crippen molar-refractivity contribution in [2.75, 3.05) is 4.72 Å². The van der Waals surface area contributed by atoms with Gasteiger partial charge in [-0.05, 0) is 23.8 Å². The molecule has 0 aliphatic rings. The Morgan fingerprint density at radius 3 is 2.38 bits per heavy atom. The van der Waals surface area contributed by atoms with Gasteiger partial charge in [-0.2, -0.15) is 0 Å². The van der Waals surface area contributed by atoms with Crippen LogP contribution < -0.4 is 4.72 Å². The average Bonchev–Trinajstić information content (AvgIpc) is 3.05. The Bertz CT molecular complexity index is 1150. The molecule has 0 atom stereocenters. The first-order valence-electron chi connectivity index (χ1n) is 8.11. The Hall–Kier alpha value is -3.12. The number of sulfonamides is 1. The number of aromatic nitrogens is 1. The zero-order chi connectivity index (χ0) is 18.0. The van der Waals surface area contributed by atoms with Gasteiger partial charge in [0.1, 0.15) is 11.4 Å². The molecule has 0 bridgehead atoms. The maximum absolute atomic E-state index is 12.7. The van der Waals surface area contributed by atoms with Crippen LogP contribution in [0.5, 0.6) is 0 Å². The monoisotopic (exact) mass is 364 g/mol. The van der Waals surface area contributed by atoms with Crippen molar-refractivity contribution in [2.45, 2.75) is 5.75 Å². The van der Waals surface area contributed by atoms with E-state index in [-0.39, 0.29) is 5.75 Å². The van der Waals surface area contributed by atoms with E-state index >= 15 is 0 Å². The Balaban J connectivity index is 1.65. The van der Waals surface area contributed by atoms with Gasteiger partial charge in [0.2, 0.25) is 10.0 Å². The normalized spacial score (nSPS) is 11.5. The second-order valence-corrected chi connectivity index (χ2v) is 7.62. The van der Waals surface area contributed by atoms with E-state index in [1.807, 2.05) is 54.6 Å². The molecule has 0 saturated carbocycles. The van der Waals surface area contributed by atoms with Crippen molar-refractivity contribution in [3.8, 4) is 11.1 Å². The third-order valence-corrected chi connectivity index (χ3v) is 5.24. The first kappa shape index (κ1) is 16.4. The van der Waals surface area contributed by atoms with Gasteiger partial charge in [-0.25, -0.2) is 8.42 Å². The van der Waals surface area contributed by atoms with Gasteiger partial charge in [-0.15, -0.1) is 0 Å². The highest BCUT2D eigenvalue weighted by Crippen LogP contribution is 2.29. The third-order valence-electron chi connectivity index (χ3n) is 4.06. The van der Waals surface area contributed by atoms with Gasteiger partial charge in [0, 0.05) is 10.9 Å². The first-order valence-corrected chi connectivity index (χ1v) is 9.76. The minimum atomic E-state index is -3.65. The lowest BCUT2D eigenvalue weighted by molar-refractivity contribution is 0.448. The number of fused-ring (bicyclic) bond motifs is 1. The van der Waals surface area contributed by atoms with E-state index in [0.717, 1.165) is 11.1 Å². The fourth-order valence-corrected chi connectivity index (χ4v) is 4.02. The van der Waals surface area contributed by atoms with Crippen LogP contribution in [0.3, 0.4) is 0 Å². The molecule has 0 aliphatic heterocycles. The lowest BCUT2D eigenvalue weighted by Crippen LogP contribution is -2.16. The van der Waals surface area contributed by atoms with Crippen LogP contribution in [0.1, 0.15) is 5.69 Å². The second-order valence-electron chi connectivity index (χ2n) is 5.90. The molecule has 0 aliphatic carbocycles. The van der Waals surface area contributed by atoms with Gasteiger partial charge < -0.3 is 4.52 Å². The highest BCUT2D eigenvalue weighted by Gasteiger charge is 2.19. The van der Waals surface area contributed by atoms with Gasteiger partial charge in [0.25, 0.3) is 0 Å². The fraction of sp³-hybridized carbons (Fsp3) is 0.0500. The van der Waals surface area contributed by atoms with Crippen molar-refractivity contribution in [3.05, 3.63) is 84.6 Å². The van der Waals surface area contributed by atoms with Crippen LogP contribution in [0.15, 0.2) is 83.4 Å². The Kier molecular flexibility index (Phi) is 4.18. The molecular weight excluding hydrogens is 348 g/mol. The molecule has 1 heterocycles. The first-order chi connectivity index (χ1) is 12.6. The summed E-state index contributed by atoms with van der Waals surface area (Å²) in [5.41, 5.74) is 3.26. The van der Waals surface area contributed by atoms with E-state index in [1.165, 1.54) is 0 Å². The van der Waals surface area contributed by atoms with E-state index in [2.05, 4.69) is 9.88 Å². The van der Waals surface area contributed by atoms with Gasteiger partial charge in [0.05, 0.1) is 5.69 Å². The average molecular weight is 364 g/mol. The number of benzene rings is 3. The molecule has 0 spiro atoms. The topological polar surface area (TPSA) is 72.2 Å². The van der Waals surface area contributed by atoms with E-state index in [0.29, 0.717) is 22.4 Å². The molecule has 130 valence electrons. The molecular formula is C20H16N2O3S. The largest absolute Gasteiger partial charge is 0.356 e. The van der Waals surface area contributed by atoms with Crippen molar-refractivity contribution < 1.29 is 12.9 Å². The van der Waals surface area contributed by atoms with Crippen LogP contribution in [0.25, 0.3) is 22.1 Å². The molecule has 5 nitrogen and oxygen atoms in total. The van der Waals surface area contributed by atoms with Crippen LogP contribution >= 0.6 is 0 Å². The second kappa shape index (κ2) is 6.65. The van der Waals surface area contributed by atoms with E-state index in [4.69, 9.17) is 4.52 Å². The third kappa shape index (κ3) is 3.32. The lowest BCUT2D eigenvalue weighted by Gasteiger charge is -2.12. The summed E-state index contributed by atoms with van der Waals surface area (Å²) in [5, 5.41) is 4.61. The van der Waals surface area contributed by atoms with Crippen LogP contribution in [0.2, 0.25) is 0 Å². The summed E-state index contributed by atoms with van der Waals surface area (Å²) in [6.07, 6.45) is 0. The number of hydrogen-bond donors (Lipinski definition) is 1. The minimum Gasteiger partial charge on any atom is -0.356 e. The van der Waals surface area contributed by atoms with E-state index < -0.39 is 10.0 Å². The summed E-state index contributed by atoms with van der Waals surface area (Å²) < 4.78 is 33.3. The van der Waals surface area contributed by atoms with Crippen molar-refractivity contribution in [3.63, 3.8) is 0 Å². The predicted octanol–water partition coefficient (Wildman–Crippen LogP) is 4.44. The minimum absolute atomic E-state index is 0.257. The van der Waals surface area contributed by atoms with Gasteiger partial charge >= 0.3 is 0 Å². The fourth-order valence-electron chi connectivity index (χ4n) is 2.87. The van der Waals surface area contributed by atoms with E-state index in [1.54, 1.807) is 24.3 Å². The Morgan fingerprint density at radius 1 is 0.846 bits per heavy atom. The summed E-state index contributed by atoms with van der Waals surface area (Å²) in [6.45, 7) is 0. The molecule has 1 N–H and O–H groups in total. The highest BCUT2D eigenvalue weighted by molar-refractivity contribution is 7.91. The highest BCUT2D eigenvalue weighted by atomic mass is 32.2. The summed E-state index contributed by atoms with van der Waals surface area (Å²) in [6, 6.07) is 24.2. The summed E-state index contributed by atoms with van der Waals surface area (Å²) >= 11 is 0. The molecule has 4 aromatic rings. The predicted molar refractivity (Wildman–Crippen MR) is 102 cm³/mol. The molecule has 0 saturated heterocycles. The van der Waals surface area contributed by atoms with Crippen LogP contribution in [-0.4, -0.2) is 13.6 Å². The molecule has 0 unspecified atom stereocenters. The van der Waals surface area contributed by atoms with Crippen LogP contribution in [0, 0.1) is 0 Å². The number of nitrogens with zero attached hydrogens (tertiary/aromatic N) is 1. The van der Waals surface area contributed by atoms with Crippen molar-refractivity contribution in [1.82, 2.24) is 5.16 Å². The van der Waals surface area contributed by atoms with Gasteiger partial charge in [-0.3, -0.25) is 4.72 Å². The van der Waals surface area contributed by atoms with Crippen molar-refractivity contribution in [1.29, 1.82) is 0 Å². The van der Waals surface area contributed by atoms with Crippen molar-refractivity contribution >= 4 is 26.7 Å². The van der Waals surface area contributed by atoms with Crippen LogP contribution in [-0.2, 0) is 15.8 Å². The molecule has 26 heavy (non-hydrogen) atoms. The van der Waals surface area contributed by atoms with Crippen molar-refractivity contribution in [2.24, 2.45) is 0 Å². The molecule has 0 amide bonds. The number of nitrogens with one attached hydrogen (secondary N) is 1. The summed E-state index contributed by atoms with van der Waals surface area (Å²) in [7, 11) is -3.65. The molecule has 6 heteroatoms. The Morgan fingerprint density at radius 2 is 1.54 bits per heavy atom. The van der Waals surface area contributed by atoms with Crippen LogP contribution in [0.4, 0.5) is 5.69 Å². The van der Waals surface area contributed by atoms with Gasteiger partial charge in [-0.1, -0.05) is 65.8 Å². The SMILES string of the molecule is O=S(=O)(Cc1noc2ccccc12)Nc1ccccc1-c1ccccc1. The van der Waals surface area contributed by atoms with E-state index in [9.17, 15) is 8.42 Å². The zero-order valence-electron chi connectivity index (χ0n) is 13.8. The standard InChI is InChI=1S/C20H16N2O3S/c23-26(24,14-19-17-11-5-7-13-20(17)25-21-19)22-18-12-6-4-10-16(18)15-8-2-1-3-9-15/h1-13,22H,14H2. The zero-order valence-corrected chi connectivity index (χ0v) is 14.6. The molecule has 3 aromatic carbocycles.